The highest BCUT2D eigenvalue weighted by molar-refractivity contribution is 6.61. The summed E-state index contributed by atoms with van der Waals surface area (Å²) >= 11 is 4.71. The molecule has 0 aromatic carbocycles. The molecule has 0 N–H and O–H groups in total. The van der Waals surface area contributed by atoms with Crippen molar-refractivity contribution >= 4 is 17.0 Å². The average molecular weight is 170 g/mol. The van der Waals surface area contributed by atoms with Crippen molar-refractivity contribution in [3.63, 3.8) is 0 Å². The maximum absolute atomic E-state index is 9.81. The average Bonchev–Trinajstić information content (AvgIpc) is 1.79. The summed E-state index contributed by atoms with van der Waals surface area (Å²) in [7, 11) is 0. The van der Waals surface area contributed by atoms with Crippen molar-refractivity contribution in [3.8, 4) is 0 Å². The van der Waals surface area contributed by atoms with Crippen LogP contribution in [0.2, 0.25) is 0 Å². The van der Waals surface area contributed by atoms with Crippen LogP contribution in [0.5, 0.6) is 0 Å². The van der Waals surface area contributed by atoms with Crippen LogP contribution in [-0.4, -0.2) is 23.7 Å². The third-order valence-electron chi connectivity index (χ3n) is 0.496. The highest BCUT2D eigenvalue weighted by Gasteiger charge is 1.97. The molecule has 0 heterocycles. The summed E-state index contributed by atoms with van der Waals surface area (Å²) in [4.78, 5) is 23.0. The van der Waals surface area contributed by atoms with Gasteiger partial charge in [-0.2, -0.15) is 0 Å². The second-order valence-corrected chi connectivity index (χ2v) is 1.45. The van der Waals surface area contributed by atoms with E-state index in [2.05, 4.69) is 9.57 Å². The van der Waals surface area contributed by atoms with Gasteiger partial charge in [-0.25, -0.2) is 4.79 Å². The van der Waals surface area contributed by atoms with Gasteiger partial charge in [-0.05, 0) is 0 Å². The molecule has 0 aromatic heterocycles. The van der Waals surface area contributed by atoms with Crippen LogP contribution in [0.1, 0.15) is 0 Å². The van der Waals surface area contributed by atoms with Crippen LogP contribution in [0, 0.1) is 10.1 Å². The predicted molar refractivity (Wildman–Crippen MR) is 30.1 cm³/mol. The van der Waals surface area contributed by atoms with E-state index in [1.165, 1.54) is 0 Å². The Hall–Kier alpha value is -1.04. The van der Waals surface area contributed by atoms with Crippen LogP contribution in [0.15, 0.2) is 0 Å². The molecule has 0 aromatic rings. The summed E-state index contributed by atoms with van der Waals surface area (Å²) in [6.07, 6.45) is 0. The number of rotatable bonds is 4. The van der Waals surface area contributed by atoms with Gasteiger partial charge in [0.05, 0.1) is 0 Å². The molecule has 0 aliphatic heterocycles. The van der Waals surface area contributed by atoms with E-state index >= 15 is 0 Å². The second-order valence-electron chi connectivity index (χ2n) is 1.14. The normalized spacial score (nSPS) is 8.50. The molecule has 6 nitrogen and oxygen atoms in total. The second kappa shape index (κ2) is 4.80. The fraction of sp³-hybridized carbons (Fsp3) is 0.667. The monoisotopic (exact) mass is 169 g/mol. The van der Waals surface area contributed by atoms with Crippen molar-refractivity contribution in [1.82, 2.24) is 0 Å². The first-order valence-electron chi connectivity index (χ1n) is 2.22. The van der Waals surface area contributed by atoms with Crippen LogP contribution >= 0.6 is 11.6 Å². The quantitative estimate of drug-likeness (QED) is 0.266. The van der Waals surface area contributed by atoms with Crippen molar-refractivity contribution in [3.05, 3.63) is 10.1 Å². The maximum atomic E-state index is 9.81. The lowest BCUT2D eigenvalue weighted by atomic mass is 10.8. The lowest BCUT2D eigenvalue weighted by Crippen LogP contribution is -2.09. The largest absolute Gasteiger partial charge is 0.452 e. The van der Waals surface area contributed by atoms with Gasteiger partial charge in [-0.15, -0.1) is 10.1 Å². The Kier molecular flexibility index (Phi) is 4.30. The van der Waals surface area contributed by atoms with E-state index in [0.717, 1.165) is 0 Å². The van der Waals surface area contributed by atoms with Crippen molar-refractivity contribution in [1.29, 1.82) is 0 Å². The van der Waals surface area contributed by atoms with E-state index < -0.39 is 10.5 Å². The lowest BCUT2D eigenvalue weighted by molar-refractivity contribution is -0.757. The molecule has 0 bridgehead atoms. The molecule has 0 spiro atoms. The fourth-order valence-electron chi connectivity index (χ4n) is 0.234. The number of nitrogens with zero attached hydrogens (tertiary/aromatic N) is 1. The number of carbonyl (C=O) groups is 1. The first-order valence-corrected chi connectivity index (χ1v) is 2.60. The van der Waals surface area contributed by atoms with Gasteiger partial charge in [0.2, 0.25) is 0 Å². The molecule has 0 aliphatic rings. The van der Waals surface area contributed by atoms with Crippen molar-refractivity contribution in [2.45, 2.75) is 0 Å². The summed E-state index contributed by atoms with van der Waals surface area (Å²) < 4.78 is 4.09. The Balaban J connectivity index is 3.06. The summed E-state index contributed by atoms with van der Waals surface area (Å²) in [6, 6.07) is 0. The van der Waals surface area contributed by atoms with Gasteiger partial charge in [-0.3, -0.25) is 0 Å². The number of hydrogen-bond acceptors (Lipinski definition) is 5. The molecule has 0 amide bonds. The molecule has 0 atom stereocenters. The third-order valence-corrected chi connectivity index (χ3v) is 0.605. The SMILES string of the molecule is O=C(Cl)OCCO[N+](=O)[O-]. The smallest absolute Gasteiger partial charge is 0.403 e. The number of halogens is 1. The molecule has 0 saturated carbocycles. The predicted octanol–water partition coefficient (Wildman–Crippen LogP) is 0.570. The summed E-state index contributed by atoms with van der Waals surface area (Å²) in [5.41, 5.74) is -1.01. The topological polar surface area (TPSA) is 78.7 Å². The highest BCUT2D eigenvalue weighted by Crippen LogP contribution is 1.86. The molecule has 0 saturated heterocycles. The van der Waals surface area contributed by atoms with Crippen LogP contribution in [0.25, 0.3) is 0 Å². The zero-order valence-corrected chi connectivity index (χ0v) is 5.54. The zero-order chi connectivity index (χ0) is 7.98. The molecule has 58 valence electrons. The molecular weight excluding hydrogens is 165 g/mol. The molecular formula is C3H4ClNO5. The number of hydrogen-bond donors (Lipinski definition) is 0. The minimum absolute atomic E-state index is 0.219. The molecule has 0 aliphatic carbocycles. The van der Waals surface area contributed by atoms with Crippen LogP contribution in [0.3, 0.4) is 0 Å². The van der Waals surface area contributed by atoms with Gasteiger partial charge in [-0.1, -0.05) is 0 Å². The highest BCUT2D eigenvalue weighted by atomic mass is 35.5. The van der Waals surface area contributed by atoms with Gasteiger partial charge >= 0.3 is 5.43 Å². The number of ether oxygens (including phenoxy) is 1. The minimum atomic E-state index is -1.01. The Labute approximate surface area is 60.8 Å². The number of carbonyl (C=O) groups excluding carboxylic acids is 1. The molecule has 10 heavy (non-hydrogen) atoms. The fourth-order valence-corrected chi connectivity index (χ4v) is 0.311. The van der Waals surface area contributed by atoms with E-state index in [0.29, 0.717) is 0 Å². The van der Waals surface area contributed by atoms with E-state index in [4.69, 9.17) is 11.6 Å². The van der Waals surface area contributed by atoms with Gasteiger partial charge < -0.3 is 9.57 Å². The van der Waals surface area contributed by atoms with Gasteiger partial charge in [0.15, 0.2) is 0 Å². The Morgan fingerprint density at radius 1 is 1.60 bits per heavy atom. The van der Waals surface area contributed by atoms with Crippen LogP contribution < -0.4 is 0 Å². The van der Waals surface area contributed by atoms with Crippen molar-refractivity contribution in [2.24, 2.45) is 0 Å². The molecule has 0 radical (unpaired) electrons. The van der Waals surface area contributed by atoms with E-state index in [9.17, 15) is 14.9 Å². The first kappa shape index (κ1) is 8.96. The van der Waals surface area contributed by atoms with Gasteiger partial charge in [0.1, 0.15) is 13.2 Å². The Morgan fingerprint density at radius 3 is 2.60 bits per heavy atom. The van der Waals surface area contributed by atoms with Gasteiger partial charge in [0.25, 0.3) is 5.09 Å². The molecule has 0 rings (SSSR count). The summed E-state index contributed by atoms with van der Waals surface area (Å²) in [6.45, 7) is -0.519. The van der Waals surface area contributed by atoms with E-state index in [1.807, 2.05) is 0 Å². The zero-order valence-electron chi connectivity index (χ0n) is 4.78. The molecule has 0 fully saturated rings. The third kappa shape index (κ3) is 6.96. The Morgan fingerprint density at radius 2 is 2.20 bits per heavy atom. The van der Waals surface area contributed by atoms with E-state index in [1.54, 1.807) is 0 Å². The molecule has 7 heteroatoms. The Bertz CT molecular complexity index is 121. The molecule has 0 unspecified atom stereocenters. The van der Waals surface area contributed by atoms with Crippen LogP contribution in [-0.2, 0) is 9.57 Å². The lowest BCUT2D eigenvalue weighted by Gasteiger charge is -1.96. The summed E-state index contributed by atoms with van der Waals surface area (Å²) in [5, 5.41) is 8.47. The van der Waals surface area contributed by atoms with Crippen molar-refractivity contribution in [2.75, 3.05) is 13.2 Å². The van der Waals surface area contributed by atoms with Gasteiger partial charge in [0, 0.05) is 11.6 Å². The van der Waals surface area contributed by atoms with E-state index in [-0.39, 0.29) is 13.2 Å². The first-order chi connectivity index (χ1) is 4.63. The summed E-state index contributed by atoms with van der Waals surface area (Å²) in [5.74, 6) is 0. The van der Waals surface area contributed by atoms with Crippen LogP contribution in [0.4, 0.5) is 4.79 Å². The maximum Gasteiger partial charge on any atom is 0.403 e. The van der Waals surface area contributed by atoms with Crippen molar-refractivity contribution < 1.29 is 19.5 Å². The minimum Gasteiger partial charge on any atom is -0.452 e. The standard InChI is InChI=1S/C3H4ClNO5/c4-3(6)9-1-2-10-5(7)8/h1-2H2.